The maximum Gasteiger partial charge on any atom is 0.452 e. The third-order valence-electron chi connectivity index (χ3n) is 8.19. The van der Waals surface area contributed by atoms with Gasteiger partial charge in [-0.15, -0.1) is 10.2 Å². The van der Waals surface area contributed by atoms with Crippen molar-refractivity contribution in [1.29, 1.82) is 0 Å². The number of ether oxygens (including phenoxy) is 3. The predicted molar refractivity (Wildman–Crippen MR) is 164 cm³/mol. The van der Waals surface area contributed by atoms with E-state index in [0.29, 0.717) is 29.5 Å². The Bertz CT molecular complexity index is 1700. The first kappa shape index (κ1) is 36.4. The lowest BCUT2D eigenvalue weighted by Gasteiger charge is -2.33. The Morgan fingerprint density at radius 2 is 1.65 bits per heavy atom. The molecule has 1 saturated heterocycles. The van der Waals surface area contributed by atoms with Crippen molar-refractivity contribution in [1.82, 2.24) is 19.7 Å². The van der Waals surface area contributed by atoms with E-state index < -0.39 is 59.7 Å². The van der Waals surface area contributed by atoms with E-state index in [4.69, 9.17) is 25.8 Å². The van der Waals surface area contributed by atoms with Crippen molar-refractivity contribution < 1.29 is 50.1 Å². The molecule has 1 amide bonds. The first-order chi connectivity index (χ1) is 22.9. The molecule has 49 heavy (non-hydrogen) atoms. The summed E-state index contributed by atoms with van der Waals surface area (Å²) in [4.78, 5) is 27.5. The van der Waals surface area contributed by atoms with Gasteiger partial charge in [-0.2, -0.15) is 26.3 Å². The summed E-state index contributed by atoms with van der Waals surface area (Å²) in [7, 11) is 0. The Balaban J connectivity index is 1.52. The molecule has 2 aromatic carbocycles. The number of rotatable bonds is 7. The normalized spacial score (nSPS) is 18.8. The average molecular weight is 717 g/mol. The van der Waals surface area contributed by atoms with Crippen LogP contribution in [0.2, 0.25) is 5.02 Å². The van der Waals surface area contributed by atoms with Crippen LogP contribution < -0.4 is 4.74 Å². The third-order valence-corrected chi connectivity index (χ3v) is 8.59. The van der Waals surface area contributed by atoms with Crippen LogP contribution in [0.3, 0.4) is 0 Å². The number of aromatic nitrogens is 3. The zero-order valence-electron chi connectivity index (χ0n) is 27.1. The Kier molecular flexibility index (Phi) is 10.3. The molecule has 5 rings (SSSR count). The van der Waals surface area contributed by atoms with Crippen LogP contribution in [0.25, 0.3) is 5.69 Å². The molecule has 3 aromatic rings. The summed E-state index contributed by atoms with van der Waals surface area (Å²) in [6, 6.07) is 6.78. The molecule has 0 bridgehead atoms. The molecule has 0 N–H and O–H groups in total. The number of alkyl halides is 6. The number of benzene rings is 2. The standard InChI is InChI=1S/C33H35ClF6N4O5/c1-5-47-23-8-6-7-20(27(23)34)28-21-16-19(32(35,36)37)9-10-22(21)44-29(41-42-30(44)33(38,39)40)24(48-28)17-25(45)43-13-11-18(12-14-43)15-26(46)49-31(2,3)4/h6-10,16,18,24,28H,5,11-15,17H2,1-4H3/t24-,28-/m1/s1. The quantitative estimate of drug-likeness (QED) is 0.181. The van der Waals surface area contributed by atoms with Crippen molar-refractivity contribution in [3.63, 3.8) is 0 Å². The van der Waals surface area contributed by atoms with E-state index in [1.54, 1.807) is 27.7 Å². The van der Waals surface area contributed by atoms with Crippen LogP contribution in [0.4, 0.5) is 26.3 Å². The first-order valence-corrected chi connectivity index (χ1v) is 16.1. The zero-order valence-corrected chi connectivity index (χ0v) is 27.9. The van der Waals surface area contributed by atoms with E-state index in [1.807, 2.05) is 0 Å². The summed E-state index contributed by atoms with van der Waals surface area (Å²) in [5.74, 6) is -2.61. The van der Waals surface area contributed by atoms with E-state index >= 15 is 0 Å². The van der Waals surface area contributed by atoms with E-state index in [9.17, 15) is 35.9 Å². The largest absolute Gasteiger partial charge is 0.492 e. The van der Waals surface area contributed by atoms with Crippen LogP contribution in [0.1, 0.15) is 93.9 Å². The van der Waals surface area contributed by atoms with Crippen molar-refractivity contribution in [3.8, 4) is 11.4 Å². The molecule has 0 aliphatic carbocycles. The minimum Gasteiger partial charge on any atom is -0.492 e. The van der Waals surface area contributed by atoms with Gasteiger partial charge in [0.2, 0.25) is 11.7 Å². The van der Waals surface area contributed by atoms with Gasteiger partial charge in [0.15, 0.2) is 5.82 Å². The molecule has 0 radical (unpaired) electrons. The number of carbonyl (C=O) groups is 2. The van der Waals surface area contributed by atoms with Gasteiger partial charge >= 0.3 is 18.3 Å². The third kappa shape index (κ3) is 8.14. The Hall–Kier alpha value is -3.85. The summed E-state index contributed by atoms with van der Waals surface area (Å²) in [6.07, 6.45) is -12.3. The van der Waals surface area contributed by atoms with Crippen molar-refractivity contribution in [2.75, 3.05) is 19.7 Å². The summed E-state index contributed by atoms with van der Waals surface area (Å²) >= 11 is 6.67. The fourth-order valence-electron chi connectivity index (χ4n) is 6.04. The lowest BCUT2D eigenvalue weighted by molar-refractivity contribution is -0.156. The molecule has 266 valence electrons. The minimum absolute atomic E-state index is 0.0245. The van der Waals surface area contributed by atoms with E-state index in [2.05, 4.69) is 10.2 Å². The average Bonchev–Trinajstić information content (AvgIpc) is 3.40. The number of carbonyl (C=O) groups excluding carboxylic acids is 2. The van der Waals surface area contributed by atoms with Crippen LogP contribution in [0.15, 0.2) is 36.4 Å². The van der Waals surface area contributed by atoms with Gasteiger partial charge in [0.25, 0.3) is 0 Å². The van der Waals surface area contributed by atoms with Crippen LogP contribution in [-0.2, 0) is 31.4 Å². The molecule has 0 unspecified atom stereocenters. The highest BCUT2D eigenvalue weighted by molar-refractivity contribution is 6.33. The fourth-order valence-corrected chi connectivity index (χ4v) is 6.32. The second kappa shape index (κ2) is 13.8. The fraction of sp³-hybridized carbons (Fsp3) is 0.515. The first-order valence-electron chi connectivity index (χ1n) is 15.7. The number of amides is 1. The van der Waals surface area contributed by atoms with Gasteiger partial charge in [0.1, 0.15) is 23.6 Å². The number of nitrogens with zero attached hydrogens (tertiary/aromatic N) is 4. The molecule has 2 atom stereocenters. The highest BCUT2D eigenvalue weighted by Crippen LogP contribution is 2.47. The number of esters is 1. The summed E-state index contributed by atoms with van der Waals surface area (Å²) in [6.45, 7) is 7.72. The number of likely N-dealkylation sites (tertiary alicyclic amines) is 1. The van der Waals surface area contributed by atoms with Gasteiger partial charge in [-0.1, -0.05) is 23.7 Å². The molecule has 3 heterocycles. The summed E-state index contributed by atoms with van der Waals surface area (Å²) in [5, 5.41) is 7.08. The highest BCUT2D eigenvalue weighted by Gasteiger charge is 2.45. The molecule has 0 spiro atoms. The maximum absolute atomic E-state index is 14.3. The van der Waals surface area contributed by atoms with Gasteiger partial charge in [-0.25, -0.2) is 0 Å². The lowest BCUT2D eigenvalue weighted by Crippen LogP contribution is -2.40. The van der Waals surface area contributed by atoms with E-state index in [1.165, 1.54) is 23.1 Å². The highest BCUT2D eigenvalue weighted by atomic mass is 35.5. The van der Waals surface area contributed by atoms with Crippen molar-refractivity contribution >= 4 is 23.5 Å². The Labute approximate surface area is 283 Å². The number of piperidine rings is 1. The van der Waals surface area contributed by atoms with Crippen LogP contribution >= 0.6 is 11.6 Å². The zero-order chi connectivity index (χ0) is 35.9. The van der Waals surface area contributed by atoms with E-state index in [-0.39, 0.29) is 65.6 Å². The van der Waals surface area contributed by atoms with Crippen molar-refractivity contribution in [2.45, 2.75) is 83.5 Å². The Morgan fingerprint density at radius 3 is 2.27 bits per heavy atom. The van der Waals surface area contributed by atoms with Crippen molar-refractivity contribution in [3.05, 3.63) is 69.8 Å². The van der Waals surface area contributed by atoms with Crippen molar-refractivity contribution in [2.24, 2.45) is 5.92 Å². The Morgan fingerprint density at radius 1 is 0.959 bits per heavy atom. The monoisotopic (exact) mass is 716 g/mol. The second-order valence-electron chi connectivity index (χ2n) is 12.9. The van der Waals surface area contributed by atoms with Crippen LogP contribution in [0, 0.1) is 5.92 Å². The predicted octanol–water partition coefficient (Wildman–Crippen LogP) is 7.88. The number of hydrogen-bond acceptors (Lipinski definition) is 7. The minimum atomic E-state index is -5.07. The molecule has 0 saturated carbocycles. The molecular formula is C33H35ClF6N4O5. The maximum atomic E-state index is 14.3. The topological polar surface area (TPSA) is 95.8 Å². The van der Waals surface area contributed by atoms with Gasteiger partial charge < -0.3 is 19.1 Å². The molecule has 1 aromatic heterocycles. The number of fused-ring (bicyclic) bond motifs is 3. The lowest BCUT2D eigenvalue weighted by atomic mass is 9.93. The molecule has 2 aliphatic rings. The second-order valence-corrected chi connectivity index (χ2v) is 13.3. The molecule has 2 aliphatic heterocycles. The summed E-state index contributed by atoms with van der Waals surface area (Å²) < 4.78 is 103. The molecule has 9 nitrogen and oxygen atoms in total. The van der Waals surface area contributed by atoms with Gasteiger partial charge in [-0.3, -0.25) is 14.2 Å². The SMILES string of the molecule is CCOc1cccc([C@H]2O[C@H](CC(=O)N3CCC(CC(=O)OC(C)(C)C)CC3)c3nnc(C(F)(F)F)n3-c3ccc(C(F)(F)F)cc32)c1Cl. The van der Waals surface area contributed by atoms with Gasteiger partial charge in [-0.05, 0) is 70.7 Å². The van der Waals surface area contributed by atoms with E-state index in [0.717, 1.165) is 6.07 Å². The van der Waals surface area contributed by atoms with Gasteiger partial charge in [0.05, 0.1) is 29.3 Å². The van der Waals surface area contributed by atoms with Crippen LogP contribution in [-0.4, -0.2) is 56.8 Å². The molecule has 16 heteroatoms. The smallest absolute Gasteiger partial charge is 0.452 e. The van der Waals surface area contributed by atoms with Gasteiger partial charge in [0, 0.05) is 30.6 Å². The summed E-state index contributed by atoms with van der Waals surface area (Å²) in [5.41, 5.74) is -2.28. The number of hydrogen-bond donors (Lipinski definition) is 0. The molecule has 1 fully saturated rings. The number of halogens is 7. The molecular weight excluding hydrogens is 682 g/mol. The van der Waals surface area contributed by atoms with Crippen LogP contribution in [0.5, 0.6) is 5.75 Å².